The summed E-state index contributed by atoms with van der Waals surface area (Å²) < 4.78 is 0. The first-order chi connectivity index (χ1) is 20.4. The van der Waals surface area contributed by atoms with Crippen molar-refractivity contribution in [3.63, 3.8) is 0 Å². The largest absolute Gasteiger partial charge is 0.396 e. The van der Waals surface area contributed by atoms with Crippen LogP contribution in [0, 0.1) is 17.2 Å². The number of likely N-dealkylation sites (tertiary alicyclic amines) is 1. The number of anilines is 1. The van der Waals surface area contributed by atoms with Gasteiger partial charge in [0, 0.05) is 34.9 Å². The van der Waals surface area contributed by atoms with Crippen LogP contribution in [0.15, 0.2) is 60.7 Å². The molecule has 2 aliphatic rings. The van der Waals surface area contributed by atoms with E-state index in [2.05, 4.69) is 45.5 Å². The predicted octanol–water partition coefficient (Wildman–Crippen LogP) is 6.94. The van der Waals surface area contributed by atoms with Crippen molar-refractivity contribution in [2.45, 2.75) is 44.6 Å². The zero-order valence-electron chi connectivity index (χ0n) is 23.9. The van der Waals surface area contributed by atoms with E-state index in [1.807, 2.05) is 18.2 Å². The zero-order chi connectivity index (χ0) is 29.5. The van der Waals surface area contributed by atoms with E-state index in [4.69, 9.17) is 28.3 Å². The molecule has 42 heavy (non-hydrogen) atoms. The molecule has 3 aromatic rings. The molecule has 0 bridgehead atoms. The molecule has 0 aliphatic carbocycles. The Morgan fingerprint density at radius 3 is 2.45 bits per heavy atom. The summed E-state index contributed by atoms with van der Waals surface area (Å²) in [5, 5.41) is 22.4. The summed E-state index contributed by atoms with van der Waals surface area (Å²) in [6, 6.07) is 21.9. The number of carbonyl (C=O) groups excluding carboxylic acids is 1. The maximum absolute atomic E-state index is 13.3. The lowest BCUT2D eigenvalue weighted by Crippen LogP contribution is -2.46. The number of amides is 1. The number of rotatable bonds is 10. The van der Waals surface area contributed by atoms with E-state index in [1.165, 1.54) is 11.1 Å². The van der Waals surface area contributed by atoms with Gasteiger partial charge in [-0.05, 0) is 117 Å². The molecule has 1 amide bonds. The molecule has 1 fully saturated rings. The molecule has 220 valence electrons. The Bertz CT molecular complexity index is 1410. The molecule has 0 spiro atoms. The molecular weight excluding hydrogens is 567 g/mol. The van der Waals surface area contributed by atoms with E-state index in [0.717, 1.165) is 75.8 Å². The second-order valence-corrected chi connectivity index (χ2v) is 12.3. The van der Waals surface area contributed by atoms with Crippen LogP contribution >= 0.6 is 23.2 Å². The molecule has 1 unspecified atom stereocenters. The fraction of sp³-hybridized carbons (Fsp3) is 0.412. The van der Waals surface area contributed by atoms with Crippen LogP contribution in [0.5, 0.6) is 0 Å². The van der Waals surface area contributed by atoms with Crippen LogP contribution in [0.25, 0.3) is 11.1 Å². The summed E-state index contributed by atoms with van der Waals surface area (Å²) in [6.45, 7) is 4.53. The minimum atomic E-state index is -0.0759. The second-order valence-electron chi connectivity index (χ2n) is 11.4. The zero-order valence-corrected chi connectivity index (χ0v) is 25.4. The minimum absolute atomic E-state index is 0.0759. The van der Waals surface area contributed by atoms with Gasteiger partial charge in [-0.1, -0.05) is 53.5 Å². The number of hydrogen-bond donors (Lipinski definition) is 2. The highest BCUT2D eigenvalue weighted by Gasteiger charge is 2.36. The van der Waals surface area contributed by atoms with Gasteiger partial charge >= 0.3 is 0 Å². The van der Waals surface area contributed by atoms with Gasteiger partial charge < -0.3 is 15.3 Å². The molecule has 2 aliphatic heterocycles. The van der Waals surface area contributed by atoms with Crippen LogP contribution in [-0.4, -0.2) is 60.1 Å². The van der Waals surface area contributed by atoms with Crippen LogP contribution in [-0.2, 0) is 11.2 Å². The predicted molar refractivity (Wildman–Crippen MR) is 170 cm³/mol. The Labute approximate surface area is 258 Å². The number of halogens is 2. The number of piperidine rings is 1. The first-order valence-electron chi connectivity index (χ1n) is 14.9. The smallest absolute Gasteiger partial charge is 0.238 e. The van der Waals surface area contributed by atoms with Crippen molar-refractivity contribution < 1.29 is 9.90 Å². The van der Waals surface area contributed by atoms with E-state index < -0.39 is 0 Å². The molecule has 8 heteroatoms. The highest BCUT2D eigenvalue weighted by Crippen LogP contribution is 2.41. The Morgan fingerprint density at radius 2 is 1.71 bits per heavy atom. The number of aliphatic hydroxyl groups is 1. The van der Waals surface area contributed by atoms with E-state index >= 15 is 0 Å². The van der Waals surface area contributed by atoms with E-state index in [-0.39, 0.29) is 18.6 Å². The number of nitrogens with one attached hydrogen (secondary N) is 1. The van der Waals surface area contributed by atoms with Crippen LogP contribution in [0.1, 0.15) is 54.8 Å². The average molecular weight is 606 g/mol. The third-order valence-corrected chi connectivity index (χ3v) is 8.99. The summed E-state index contributed by atoms with van der Waals surface area (Å²) in [6.07, 6.45) is 6.07. The highest BCUT2D eigenvalue weighted by atomic mass is 35.5. The van der Waals surface area contributed by atoms with E-state index in [9.17, 15) is 10.1 Å². The summed E-state index contributed by atoms with van der Waals surface area (Å²) in [5.41, 5.74) is 6.05. The molecule has 3 aromatic carbocycles. The lowest BCUT2D eigenvalue weighted by atomic mass is 9.79. The van der Waals surface area contributed by atoms with E-state index in [0.29, 0.717) is 33.8 Å². The lowest BCUT2D eigenvalue weighted by Gasteiger charge is -2.44. The molecule has 0 radical (unpaired) electrons. The number of hydrogen-bond acceptors (Lipinski definition) is 5. The van der Waals surface area contributed by atoms with Crippen molar-refractivity contribution >= 4 is 34.8 Å². The van der Waals surface area contributed by atoms with Crippen molar-refractivity contribution in [2.75, 3.05) is 44.6 Å². The van der Waals surface area contributed by atoms with Gasteiger partial charge in [-0.2, -0.15) is 5.26 Å². The number of benzene rings is 3. The monoisotopic (exact) mass is 604 g/mol. The van der Waals surface area contributed by atoms with Gasteiger partial charge in [0.15, 0.2) is 0 Å². The number of nitrogens with zero attached hydrogens (tertiary/aromatic N) is 3. The van der Waals surface area contributed by atoms with Gasteiger partial charge in [-0.15, -0.1) is 0 Å². The summed E-state index contributed by atoms with van der Waals surface area (Å²) in [7, 11) is 0. The van der Waals surface area contributed by atoms with Gasteiger partial charge in [-0.25, -0.2) is 0 Å². The first kappa shape index (κ1) is 30.5. The van der Waals surface area contributed by atoms with E-state index in [1.54, 1.807) is 18.2 Å². The number of unbranched alkanes of at least 4 members (excludes halogenated alkanes) is 2. The molecule has 6 nitrogen and oxygen atoms in total. The fourth-order valence-corrected chi connectivity index (χ4v) is 7.04. The van der Waals surface area contributed by atoms with Crippen LogP contribution < -0.4 is 5.32 Å². The average Bonchev–Trinajstić information content (AvgIpc) is 2.99. The Kier molecular flexibility index (Phi) is 10.5. The number of fused-ring (bicyclic) bond motifs is 1. The standard InChI is InChI=1S/C34H38Cl2N4O2/c35-29-19-30(36)21-31(20-29)38-33(42)23-40-15-11-28-18-27(26-6-4-5-24(17-26)22-37)7-8-32(28)34(40)25-9-13-39(14-10-25)12-2-1-3-16-41/h4-8,17-21,25,34,41H,1-3,9-16,23H2,(H,38,42). The van der Waals surface area contributed by atoms with Crippen molar-refractivity contribution in [2.24, 2.45) is 5.92 Å². The van der Waals surface area contributed by atoms with Gasteiger partial charge in [0.1, 0.15) is 0 Å². The van der Waals surface area contributed by atoms with Crippen molar-refractivity contribution in [1.82, 2.24) is 9.80 Å². The minimum Gasteiger partial charge on any atom is -0.396 e. The Balaban J connectivity index is 1.35. The maximum Gasteiger partial charge on any atom is 0.238 e. The lowest BCUT2D eigenvalue weighted by molar-refractivity contribution is -0.118. The third-order valence-electron chi connectivity index (χ3n) is 8.55. The number of aliphatic hydroxyl groups excluding tert-OH is 1. The van der Waals surface area contributed by atoms with Crippen molar-refractivity contribution in [1.29, 1.82) is 5.26 Å². The topological polar surface area (TPSA) is 79.6 Å². The SMILES string of the molecule is N#Cc1cccc(-c2ccc3c(c2)CCN(CC(=O)Nc2cc(Cl)cc(Cl)c2)C3C2CCN(CCCCCO)CC2)c1. The molecular formula is C34H38Cl2N4O2. The normalized spacial score (nSPS) is 17.9. The van der Waals surface area contributed by atoms with Gasteiger partial charge in [0.2, 0.25) is 5.91 Å². The second kappa shape index (κ2) is 14.5. The van der Waals surface area contributed by atoms with Gasteiger partial charge in [-0.3, -0.25) is 9.69 Å². The third kappa shape index (κ3) is 7.72. The summed E-state index contributed by atoms with van der Waals surface area (Å²) in [4.78, 5) is 18.2. The number of nitriles is 1. The molecule has 2 N–H and O–H groups in total. The molecule has 1 saturated heterocycles. The van der Waals surface area contributed by atoms with Crippen LogP contribution in [0.3, 0.4) is 0 Å². The van der Waals surface area contributed by atoms with Gasteiger partial charge in [0.25, 0.3) is 0 Å². The maximum atomic E-state index is 13.3. The highest BCUT2D eigenvalue weighted by molar-refractivity contribution is 6.35. The van der Waals surface area contributed by atoms with Crippen molar-refractivity contribution in [3.8, 4) is 17.2 Å². The quantitative estimate of drug-likeness (QED) is 0.245. The number of carbonyl (C=O) groups is 1. The first-order valence-corrected chi connectivity index (χ1v) is 15.7. The van der Waals surface area contributed by atoms with Gasteiger partial charge in [0.05, 0.1) is 18.2 Å². The Morgan fingerprint density at radius 1 is 0.952 bits per heavy atom. The fourth-order valence-electron chi connectivity index (χ4n) is 6.52. The van der Waals surface area contributed by atoms with Crippen LogP contribution in [0.4, 0.5) is 5.69 Å². The summed E-state index contributed by atoms with van der Waals surface area (Å²) >= 11 is 12.3. The Hall–Kier alpha value is -2.92. The molecule has 0 aromatic heterocycles. The van der Waals surface area contributed by atoms with Crippen molar-refractivity contribution in [3.05, 3.63) is 87.4 Å². The molecule has 5 rings (SSSR count). The summed E-state index contributed by atoms with van der Waals surface area (Å²) in [5.74, 6) is 0.368. The molecule has 2 heterocycles. The van der Waals surface area contributed by atoms with Crippen LogP contribution in [0.2, 0.25) is 10.0 Å². The molecule has 1 atom stereocenters. The molecule has 0 saturated carbocycles.